The van der Waals surface area contributed by atoms with Gasteiger partial charge < -0.3 is 10.8 Å². The number of carboxylic acids is 1. The Morgan fingerprint density at radius 1 is 1.44 bits per heavy atom. The van der Waals surface area contributed by atoms with Gasteiger partial charge in [0.25, 0.3) is 0 Å². The summed E-state index contributed by atoms with van der Waals surface area (Å²) in [5.74, 6) is -0.0230. The normalized spacial score (nSPS) is 10.6. The Hall–Kier alpha value is -2.08. The van der Waals surface area contributed by atoms with Gasteiger partial charge in [0.05, 0.1) is 10.6 Å². The van der Waals surface area contributed by atoms with Crippen molar-refractivity contribution in [2.75, 3.05) is 5.73 Å². The van der Waals surface area contributed by atoms with Crippen molar-refractivity contribution in [2.24, 2.45) is 0 Å². The standard InChI is InChI=1S/C11H11ClN4O2/c1-5-14-6(2)16(15-5)10-8(11(17)18)3-7(13)4-9(10)12/h3-4H,13H2,1-2H3,(H,17,18). The summed E-state index contributed by atoms with van der Waals surface area (Å²) < 4.78 is 1.40. The summed E-state index contributed by atoms with van der Waals surface area (Å²) in [6, 6.07) is 2.83. The fourth-order valence-corrected chi connectivity index (χ4v) is 2.04. The van der Waals surface area contributed by atoms with E-state index in [1.165, 1.54) is 16.8 Å². The Morgan fingerprint density at radius 2 is 2.11 bits per heavy atom. The predicted octanol–water partition coefficient (Wildman–Crippen LogP) is 1.82. The molecule has 0 atom stereocenters. The Balaban J connectivity index is 2.77. The third-order valence-corrected chi connectivity index (χ3v) is 2.69. The fraction of sp³-hybridized carbons (Fsp3) is 0.182. The van der Waals surface area contributed by atoms with Gasteiger partial charge in [0.15, 0.2) is 0 Å². The first kappa shape index (κ1) is 12.4. The van der Waals surface area contributed by atoms with E-state index in [4.69, 9.17) is 17.3 Å². The highest BCUT2D eigenvalue weighted by Gasteiger charge is 2.19. The van der Waals surface area contributed by atoms with Gasteiger partial charge in [-0.1, -0.05) is 11.6 Å². The topological polar surface area (TPSA) is 94.0 Å². The lowest BCUT2D eigenvalue weighted by atomic mass is 10.1. The molecule has 0 saturated carbocycles. The molecule has 0 amide bonds. The summed E-state index contributed by atoms with van der Waals surface area (Å²) in [4.78, 5) is 15.4. The van der Waals surface area contributed by atoms with Crippen LogP contribution in [0.15, 0.2) is 12.1 Å². The van der Waals surface area contributed by atoms with Crippen molar-refractivity contribution in [3.05, 3.63) is 34.4 Å². The number of aromatic nitrogens is 3. The van der Waals surface area contributed by atoms with Crippen LogP contribution in [0, 0.1) is 13.8 Å². The molecule has 1 aromatic carbocycles. The first-order valence-corrected chi connectivity index (χ1v) is 5.51. The van der Waals surface area contributed by atoms with Crippen molar-refractivity contribution in [3.8, 4) is 5.69 Å². The molecule has 7 heteroatoms. The second-order valence-electron chi connectivity index (χ2n) is 3.82. The fourth-order valence-electron chi connectivity index (χ4n) is 1.73. The predicted molar refractivity (Wildman–Crippen MR) is 67.2 cm³/mol. The molecule has 0 radical (unpaired) electrons. The van der Waals surface area contributed by atoms with Gasteiger partial charge >= 0.3 is 5.97 Å². The van der Waals surface area contributed by atoms with Gasteiger partial charge in [0.2, 0.25) is 0 Å². The van der Waals surface area contributed by atoms with Gasteiger partial charge in [-0.25, -0.2) is 14.5 Å². The van der Waals surface area contributed by atoms with E-state index >= 15 is 0 Å². The molecule has 1 heterocycles. The lowest BCUT2D eigenvalue weighted by Gasteiger charge is -2.10. The zero-order valence-electron chi connectivity index (χ0n) is 9.81. The molecule has 2 rings (SSSR count). The van der Waals surface area contributed by atoms with Crippen molar-refractivity contribution in [2.45, 2.75) is 13.8 Å². The van der Waals surface area contributed by atoms with Crippen LogP contribution in [0.25, 0.3) is 5.69 Å². The van der Waals surface area contributed by atoms with Crippen LogP contribution in [0.3, 0.4) is 0 Å². The molecule has 0 bridgehead atoms. The summed E-state index contributed by atoms with van der Waals surface area (Å²) in [6.45, 7) is 3.44. The number of nitrogens with zero attached hydrogens (tertiary/aromatic N) is 3. The molecule has 2 aromatic rings. The van der Waals surface area contributed by atoms with Gasteiger partial charge in [0.1, 0.15) is 17.3 Å². The van der Waals surface area contributed by atoms with E-state index in [-0.39, 0.29) is 22.0 Å². The highest BCUT2D eigenvalue weighted by Crippen LogP contribution is 2.28. The smallest absolute Gasteiger partial charge is 0.338 e. The Morgan fingerprint density at radius 3 is 2.61 bits per heavy atom. The number of hydrogen-bond donors (Lipinski definition) is 2. The highest BCUT2D eigenvalue weighted by molar-refractivity contribution is 6.33. The maximum absolute atomic E-state index is 11.2. The third-order valence-electron chi connectivity index (χ3n) is 2.40. The zero-order valence-corrected chi connectivity index (χ0v) is 10.6. The highest BCUT2D eigenvalue weighted by atomic mass is 35.5. The van der Waals surface area contributed by atoms with Crippen LogP contribution in [-0.4, -0.2) is 25.8 Å². The molecule has 1 aromatic heterocycles. The molecule has 0 aliphatic carbocycles. The number of carbonyl (C=O) groups is 1. The number of halogens is 1. The third kappa shape index (κ3) is 2.02. The summed E-state index contributed by atoms with van der Waals surface area (Å²) in [7, 11) is 0. The van der Waals surface area contributed by atoms with E-state index in [1.54, 1.807) is 13.8 Å². The molecule has 0 fully saturated rings. The van der Waals surface area contributed by atoms with E-state index in [1.807, 2.05) is 0 Å². The minimum absolute atomic E-state index is 0.00648. The number of aryl methyl sites for hydroxylation is 2. The second-order valence-corrected chi connectivity index (χ2v) is 4.23. The van der Waals surface area contributed by atoms with Crippen LogP contribution >= 0.6 is 11.6 Å². The van der Waals surface area contributed by atoms with Crippen molar-refractivity contribution in [3.63, 3.8) is 0 Å². The van der Waals surface area contributed by atoms with Crippen molar-refractivity contribution in [1.29, 1.82) is 0 Å². The monoisotopic (exact) mass is 266 g/mol. The number of hydrogen-bond acceptors (Lipinski definition) is 4. The summed E-state index contributed by atoms with van der Waals surface area (Å²) >= 11 is 6.06. The van der Waals surface area contributed by atoms with Gasteiger partial charge in [-0.3, -0.25) is 0 Å². The van der Waals surface area contributed by atoms with Crippen LogP contribution in [0.5, 0.6) is 0 Å². The van der Waals surface area contributed by atoms with Crippen LogP contribution in [0.2, 0.25) is 5.02 Å². The minimum atomic E-state index is -1.12. The lowest BCUT2D eigenvalue weighted by molar-refractivity contribution is 0.0697. The van der Waals surface area contributed by atoms with Crippen LogP contribution in [-0.2, 0) is 0 Å². The molecule has 6 nitrogen and oxygen atoms in total. The first-order chi connectivity index (χ1) is 8.40. The van der Waals surface area contributed by atoms with E-state index in [0.717, 1.165) is 0 Å². The van der Waals surface area contributed by atoms with E-state index in [2.05, 4.69) is 10.1 Å². The second kappa shape index (κ2) is 4.30. The van der Waals surface area contributed by atoms with Crippen molar-refractivity contribution < 1.29 is 9.90 Å². The molecule has 0 aliphatic rings. The maximum Gasteiger partial charge on any atom is 0.338 e. The number of benzene rings is 1. The largest absolute Gasteiger partial charge is 0.478 e. The van der Waals surface area contributed by atoms with Gasteiger partial charge in [-0.2, -0.15) is 5.10 Å². The minimum Gasteiger partial charge on any atom is -0.478 e. The van der Waals surface area contributed by atoms with Crippen molar-refractivity contribution >= 4 is 23.3 Å². The SMILES string of the molecule is Cc1nc(C)n(-c2c(Cl)cc(N)cc2C(=O)O)n1. The van der Waals surface area contributed by atoms with Crippen LogP contribution in [0.1, 0.15) is 22.0 Å². The molecule has 3 N–H and O–H groups in total. The van der Waals surface area contributed by atoms with Gasteiger partial charge in [-0.15, -0.1) is 0 Å². The van der Waals surface area contributed by atoms with E-state index < -0.39 is 5.97 Å². The van der Waals surface area contributed by atoms with Crippen LogP contribution in [0.4, 0.5) is 5.69 Å². The van der Waals surface area contributed by atoms with E-state index in [0.29, 0.717) is 11.6 Å². The average Bonchev–Trinajstić information content (AvgIpc) is 2.56. The molecule has 0 aliphatic heterocycles. The Labute approximate surface area is 108 Å². The Bertz CT molecular complexity index is 636. The molecular formula is C11H11ClN4O2. The lowest BCUT2D eigenvalue weighted by Crippen LogP contribution is -2.10. The number of nitrogens with two attached hydrogens (primary N) is 1. The average molecular weight is 267 g/mol. The number of carboxylic acid groups (broad SMARTS) is 1. The molecule has 94 valence electrons. The van der Waals surface area contributed by atoms with Crippen molar-refractivity contribution in [1.82, 2.24) is 14.8 Å². The molecule has 0 spiro atoms. The molecular weight excluding hydrogens is 256 g/mol. The number of rotatable bonds is 2. The number of anilines is 1. The molecule has 18 heavy (non-hydrogen) atoms. The number of aromatic carboxylic acids is 1. The van der Waals surface area contributed by atoms with Gasteiger partial charge in [0, 0.05) is 5.69 Å². The van der Waals surface area contributed by atoms with E-state index in [9.17, 15) is 9.90 Å². The van der Waals surface area contributed by atoms with Gasteiger partial charge in [-0.05, 0) is 26.0 Å². The summed E-state index contributed by atoms with van der Waals surface area (Å²) in [6.07, 6.45) is 0. The maximum atomic E-state index is 11.2. The molecule has 0 unspecified atom stereocenters. The summed E-state index contributed by atoms with van der Waals surface area (Å²) in [5.41, 5.74) is 6.15. The number of nitrogen functional groups attached to an aromatic ring is 1. The Kier molecular flexibility index (Phi) is 2.96. The molecule has 0 saturated heterocycles. The zero-order chi connectivity index (χ0) is 13.4. The van der Waals surface area contributed by atoms with Crippen LogP contribution < -0.4 is 5.73 Å². The first-order valence-electron chi connectivity index (χ1n) is 5.13. The summed E-state index contributed by atoms with van der Waals surface area (Å²) in [5, 5.41) is 13.6. The quantitative estimate of drug-likeness (QED) is 0.809.